The maximum Gasteiger partial charge on any atom is 0.339 e. The second kappa shape index (κ2) is 7.90. The highest BCUT2D eigenvalue weighted by Crippen LogP contribution is 2.31. The van der Waals surface area contributed by atoms with Crippen molar-refractivity contribution >= 4 is 22.8 Å². The van der Waals surface area contributed by atoms with Crippen LogP contribution in [0.5, 0.6) is 0 Å². The average Bonchev–Trinajstić information content (AvgIpc) is 3.15. The minimum absolute atomic E-state index is 0.168. The minimum atomic E-state index is -0.419. The molecule has 1 heterocycles. The molecule has 2 aliphatic rings. The van der Waals surface area contributed by atoms with Crippen LogP contribution in [0.25, 0.3) is 10.9 Å². The highest BCUT2D eigenvalue weighted by molar-refractivity contribution is 6.05. The van der Waals surface area contributed by atoms with Gasteiger partial charge in [-0.2, -0.15) is 0 Å². The van der Waals surface area contributed by atoms with Crippen LogP contribution in [0.15, 0.2) is 24.3 Å². The zero-order chi connectivity index (χ0) is 19.7. The number of amides is 1. The number of para-hydroxylation sites is 1. The van der Waals surface area contributed by atoms with Crippen molar-refractivity contribution in [3.05, 3.63) is 41.1 Å². The zero-order valence-electron chi connectivity index (χ0n) is 16.7. The molecule has 4 rings (SSSR count). The molecule has 2 aliphatic carbocycles. The first-order valence-electron chi connectivity index (χ1n) is 10.4. The van der Waals surface area contributed by atoms with Crippen molar-refractivity contribution < 1.29 is 14.3 Å². The molecule has 0 bridgehead atoms. The Hall–Kier alpha value is -2.43. The third-order valence-corrected chi connectivity index (χ3v) is 6.51. The molecule has 1 N–H and O–H groups in total. The Morgan fingerprint density at radius 1 is 1.14 bits per heavy atom. The van der Waals surface area contributed by atoms with Crippen LogP contribution < -0.4 is 5.32 Å². The molecule has 0 radical (unpaired) electrons. The largest absolute Gasteiger partial charge is 0.452 e. The number of pyridine rings is 1. The summed E-state index contributed by atoms with van der Waals surface area (Å²) in [6.07, 6.45) is 6.05. The van der Waals surface area contributed by atoms with Gasteiger partial charge in [-0.3, -0.25) is 9.78 Å². The maximum absolute atomic E-state index is 12.9. The fourth-order valence-electron chi connectivity index (χ4n) is 4.68. The van der Waals surface area contributed by atoms with Crippen LogP contribution in [0.4, 0.5) is 0 Å². The van der Waals surface area contributed by atoms with Crippen LogP contribution in [-0.2, 0) is 22.4 Å². The minimum Gasteiger partial charge on any atom is -0.452 e. The zero-order valence-corrected chi connectivity index (χ0v) is 16.7. The van der Waals surface area contributed by atoms with E-state index in [-0.39, 0.29) is 18.6 Å². The number of rotatable bonds is 4. The molecule has 148 valence electrons. The lowest BCUT2D eigenvalue weighted by molar-refractivity contribution is -0.125. The van der Waals surface area contributed by atoms with E-state index in [1.807, 2.05) is 24.3 Å². The highest BCUT2D eigenvalue weighted by Gasteiger charge is 2.29. The normalized spacial score (nSPS) is 24.0. The van der Waals surface area contributed by atoms with Crippen molar-refractivity contribution in [3.63, 3.8) is 0 Å². The number of nitrogens with one attached hydrogen (secondary N) is 1. The maximum atomic E-state index is 12.9. The SMILES string of the molecule is CC1CCCC(NC(=O)COC(=O)c2c3c(nc4ccccc24)CCC3)C1C. The number of aryl methyl sites for hydroxylation is 1. The van der Waals surface area contributed by atoms with E-state index in [2.05, 4.69) is 19.2 Å². The molecule has 1 aromatic carbocycles. The lowest BCUT2D eigenvalue weighted by Gasteiger charge is -2.34. The summed E-state index contributed by atoms with van der Waals surface area (Å²) in [5.74, 6) is 0.416. The molecule has 0 saturated heterocycles. The summed E-state index contributed by atoms with van der Waals surface area (Å²) in [6.45, 7) is 4.19. The Bertz CT molecular complexity index is 908. The molecule has 0 spiro atoms. The van der Waals surface area contributed by atoms with Gasteiger partial charge in [0, 0.05) is 17.1 Å². The van der Waals surface area contributed by atoms with Gasteiger partial charge in [-0.25, -0.2) is 4.79 Å². The van der Waals surface area contributed by atoms with E-state index in [0.29, 0.717) is 17.4 Å². The number of benzene rings is 1. The van der Waals surface area contributed by atoms with Gasteiger partial charge in [-0.15, -0.1) is 0 Å². The van der Waals surface area contributed by atoms with E-state index in [9.17, 15) is 9.59 Å². The second-order valence-corrected chi connectivity index (χ2v) is 8.30. The van der Waals surface area contributed by atoms with Gasteiger partial charge >= 0.3 is 5.97 Å². The summed E-state index contributed by atoms with van der Waals surface area (Å²) in [7, 11) is 0. The molecular formula is C23H28N2O3. The first kappa shape index (κ1) is 18.9. The van der Waals surface area contributed by atoms with Gasteiger partial charge in [0.1, 0.15) is 0 Å². The van der Waals surface area contributed by atoms with E-state index in [0.717, 1.165) is 54.3 Å². The van der Waals surface area contributed by atoms with Crippen LogP contribution in [-0.4, -0.2) is 29.5 Å². The monoisotopic (exact) mass is 380 g/mol. The average molecular weight is 380 g/mol. The third-order valence-electron chi connectivity index (χ3n) is 6.51. The summed E-state index contributed by atoms with van der Waals surface area (Å²) in [4.78, 5) is 30.0. The summed E-state index contributed by atoms with van der Waals surface area (Å²) >= 11 is 0. The molecule has 5 heteroatoms. The quantitative estimate of drug-likeness (QED) is 0.819. The van der Waals surface area contributed by atoms with Crippen molar-refractivity contribution in [3.8, 4) is 0 Å². The molecule has 0 aliphatic heterocycles. The van der Waals surface area contributed by atoms with E-state index in [1.54, 1.807) is 0 Å². The molecule has 28 heavy (non-hydrogen) atoms. The van der Waals surface area contributed by atoms with Crippen molar-refractivity contribution in [2.45, 2.75) is 58.4 Å². The Balaban J connectivity index is 1.47. The Labute approximate surface area is 165 Å². The number of ether oxygens (including phenoxy) is 1. The number of fused-ring (bicyclic) bond motifs is 2. The fraction of sp³-hybridized carbons (Fsp3) is 0.522. The molecule has 3 unspecified atom stereocenters. The van der Waals surface area contributed by atoms with Crippen LogP contribution in [0.2, 0.25) is 0 Å². The molecule has 1 fully saturated rings. The van der Waals surface area contributed by atoms with Gasteiger partial charge in [0.15, 0.2) is 6.61 Å². The van der Waals surface area contributed by atoms with E-state index in [1.165, 1.54) is 6.42 Å². The number of carbonyl (C=O) groups excluding carboxylic acids is 2. The smallest absolute Gasteiger partial charge is 0.339 e. The molecule has 5 nitrogen and oxygen atoms in total. The molecule has 1 amide bonds. The lowest BCUT2D eigenvalue weighted by atomic mass is 9.78. The molecule has 1 aromatic heterocycles. The first-order valence-corrected chi connectivity index (χ1v) is 10.4. The number of hydrogen-bond donors (Lipinski definition) is 1. The Kier molecular flexibility index (Phi) is 5.33. The number of hydrogen-bond acceptors (Lipinski definition) is 4. The van der Waals surface area contributed by atoms with Gasteiger partial charge in [0.25, 0.3) is 5.91 Å². The van der Waals surface area contributed by atoms with Gasteiger partial charge in [-0.05, 0) is 49.1 Å². The van der Waals surface area contributed by atoms with Crippen LogP contribution in [0, 0.1) is 11.8 Å². The summed E-state index contributed by atoms with van der Waals surface area (Å²) in [5, 5.41) is 3.88. The van der Waals surface area contributed by atoms with Crippen molar-refractivity contribution in [2.24, 2.45) is 11.8 Å². The Morgan fingerprint density at radius 2 is 1.96 bits per heavy atom. The molecular weight excluding hydrogens is 352 g/mol. The van der Waals surface area contributed by atoms with Crippen LogP contribution in [0.3, 0.4) is 0 Å². The predicted molar refractivity (Wildman–Crippen MR) is 108 cm³/mol. The number of esters is 1. The van der Waals surface area contributed by atoms with Gasteiger partial charge < -0.3 is 10.1 Å². The van der Waals surface area contributed by atoms with E-state index in [4.69, 9.17) is 9.72 Å². The first-order chi connectivity index (χ1) is 13.5. The van der Waals surface area contributed by atoms with Gasteiger partial charge in [-0.1, -0.05) is 44.9 Å². The van der Waals surface area contributed by atoms with Gasteiger partial charge in [0.2, 0.25) is 0 Å². The predicted octanol–water partition coefficient (Wildman–Crippen LogP) is 3.82. The van der Waals surface area contributed by atoms with Crippen molar-refractivity contribution in [1.82, 2.24) is 10.3 Å². The van der Waals surface area contributed by atoms with Crippen LogP contribution in [0.1, 0.15) is 61.1 Å². The van der Waals surface area contributed by atoms with Crippen molar-refractivity contribution in [2.75, 3.05) is 6.61 Å². The third kappa shape index (κ3) is 3.62. The van der Waals surface area contributed by atoms with E-state index >= 15 is 0 Å². The summed E-state index contributed by atoms with van der Waals surface area (Å²) in [5.41, 5.74) is 3.37. The summed E-state index contributed by atoms with van der Waals surface area (Å²) < 4.78 is 5.45. The highest BCUT2D eigenvalue weighted by atomic mass is 16.5. The Morgan fingerprint density at radius 3 is 2.82 bits per heavy atom. The van der Waals surface area contributed by atoms with Gasteiger partial charge in [0.05, 0.1) is 11.1 Å². The lowest BCUT2D eigenvalue weighted by Crippen LogP contribution is -2.45. The number of aromatic nitrogens is 1. The van der Waals surface area contributed by atoms with Crippen molar-refractivity contribution in [1.29, 1.82) is 0 Å². The topological polar surface area (TPSA) is 68.3 Å². The standard InChI is InChI=1S/C23H28N2O3/c1-14-7-5-11-18(15(14)2)25-21(26)13-28-23(27)22-16-8-3-4-10-19(16)24-20-12-6-9-17(20)22/h3-4,8,10,14-15,18H,5-7,9,11-13H2,1-2H3,(H,25,26). The number of nitrogens with zero attached hydrogens (tertiary/aromatic N) is 1. The second-order valence-electron chi connectivity index (χ2n) is 8.30. The number of carbonyl (C=O) groups is 2. The molecule has 1 saturated carbocycles. The molecule has 2 aromatic rings. The fourth-order valence-corrected chi connectivity index (χ4v) is 4.68. The summed E-state index contributed by atoms with van der Waals surface area (Å²) in [6, 6.07) is 7.82. The van der Waals surface area contributed by atoms with Crippen LogP contribution >= 0.6 is 0 Å². The van der Waals surface area contributed by atoms with E-state index < -0.39 is 5.97 Å². The molecule has 3 atom stereocenters.